The summed E-state index contributed by atoms with van der Waals surface area (Å²) in [4.78, 5) is 12.4. The standard InChI is InChI=1S/C12H15N3O2/c1-10(7-13)8-14(2)9-11-5-3-4-6-12(11)15(16)17/h3-6,10H,8-9H2,1-2H3. The maximum absolute atomic E-state index is 10.8. The SMILES string of the molecule is CC(C#N)CN(C)Cc1ccccc1[N+](=O)[O-]. The normalized spacial score (nSPS) is 12.1. The zero-order valence-corrected chi connectivity index (χ0v) is 9.96. The van der Waals surface area contributed by atoms with Crippen LogP contribution in [0.4, 0.5) is 5.69 Å². The van der Waals surface area contributed by atoms with Gasteiger partial charge in [-0.05, 0) is 14.0 Å². The van der Waals surface area contributed by atoms with Gasteiger partial charge < -0.3 is 4.90 Å². The minimum atomic E-state index is -0.378. The zero-order chi connectivity index (χ0) is 12.8. The second-order valence-electron chi connectivity index (χ2n) is 4.11. The van der Waals surface area contributed by atoms with Crippen molar-refractivity contribution in [3.8, 4) is 6.07 Å². The number of nitro benzene ring substituents is 1. The van der Waals surface area contributed by atoms with Crippen LogP contribution in [0.25, 0.3) is 0 Å². The van der Waals surface area contributed by atoms with Gasteiger partial charge >= 0.3 is 0 Å². The molecule has 0 aliphatic heterocycles. The highest BCUT2D eigenvalue weighted by atomic mass is 16.6. The van der Waals surface area contributed by atoms with E-state index in [-0.39, 0.29) is 16.5 Å². The molecule has 1 unspecified atom stereocenters. The Kier molecular flexibility index (Phi) is 4.61. The molecule has 1 aromatic carbocycles. The van der Waals surface area contributed by atoms with Crippen LogP contribution >= 0.6 is 0 Å². The maximum Gasteiger partial charge on any atom is 0.273 e. The van der Waals surface area contributed by atoms with Gasteiger partial charge in [-0.25, -0.2) is 0 Å². The number of nitriles is 1. The van der Waals surface area contributed by atoms with E-state index in [2.05, 4.69) is 6.07 Å². The average molecular weight is 233 g/mol. The predicted octanol–water partition coefficient (Wildman–Crippen LogP) is 2.19. The van der Waals surface area contributed by atoms with Gasteiger partial charge in [0.05, 0.1) is 16.9 Å². The smallest absolute Gasteiger partial charge is 0.273 e. The second-order valence-corrected chi connectivity index (χ2v) is 4.11. The third-order valence-electron chi connectivity index (χ3n) is 2.43. The first-order valence-corrected chi connectivity index (χ1v) is 5.35. The van der Waals surface area contributed by atoms with E-state index in [1.54, 1.807) is 18.2 Å². The molecule has 0 aromatic heterocycles. The van der Waals surface area contributed by atoms with E-state index in [0.717, 1.165) is 0 Å². The average Bonchev–Trinajstić information content (AvgIpc) is 2.29. The van der Waals surface area contributed by atoms with Crippen molar-refractivity contribution >= 4 is 5.69 Å². The molecule has 0 bridgehead atoms. The second kappa shape index (κ2) is 5.97. The molecule has 0 saturated heterocycles. The molecule has 1 atom stereocenters. The highest BCUT2D eigenvalue weighted by Gasteiger charge is 2.14. The van der Waals surface area contributed by atoms with E-state index in [1.807, 2.05) is 18.9 Å². The third-order valence-corrected chi connectivity index (χ3v) is 2.43. The molecule has 0 spiro atoms. The van der Waals surface area contributed by atoms with Gasteiger partial charge in [0.15, 0.2) is 0 Å². The van der Waals surface area contributed by atoms with E-state index in [0.29, 0.717) is 18.7 Å². The van der Waals surface area contributed by atoms with E-state index < -0.39 is 0 Å². The first kappa shape index (κ1) is 13.1. The fourth-order valence-corrected chi connectivity index (χ4v) is 1.69. The van der Waals surface area contributed by atoms with Gasteiger partial charge in [-0.15, -0.1) is 0 Å². The highest BCUT2D eigenvalue weighted by molar-refractivity contribution is 5.39. The van der Waals surface area contributed by atoms with E-state index in [4.69, 9.17) is 5.26 Å². The summed E-state index contributed by atoms with van der Waals surface area (Å²) in [5.74, 6) is -0.0808. The summed E-state index contributed by atoms with van der Waals surface area (Å²) in [7, 11) is 1.85. The third kappa shape index (κ3) is 3.85. The molecule has 5 nitrogen and oxygen atoms in total. The first-order chi connectivity index (χ1) is 8.04. The summed E-state index contributed by atoms with van der Waals surface area (Å²) < 4.78 is 0. The number of rotatable bonds is 5. The van der Waals surface area contributed by atoms with Gasteiger partial charge in [-0.2, -0.15) is 5.26 Å². The molecule has 0 radical (unpaired) electrons. The van der Waals surface area contributed by atoms with Crippen molar-refractivity contribution in [2.45, 2.75) is 13.5 Å². The fourth-order valence-electron chi connectivity index (χ4n) is 1.69. The van der Waals surface area contributed by atoms with Crippen LogP contribution in [-0.4, -0.2) is 23.4 Å². The summed E-state index contributed by atoms with van der Waals surface area (Å²) in [6.07, 6.45) is 0. The Morgan fingerprint density at radius 2 is 2.18 bits per heavy atom. The summed E-state index contributed by atoms with van der Waals surface area (Å²) in [6, 6.07) is 8.82. The lowest BCUT2D eigenvalue weighted by Crippen LogP contribution is -2.23. The zero-order valence-electron chi connectivity index (χ0n) is 9.96. The molecule has 0 aliphatic carbocycles. The molecule has 1 rings (SSSR count). The van der Waals surface area contributed by atoms with Crippen LogP contribution in [-0.2, 0) is 6.54 Å². The lowest BCUT2D eigenvalue weighted by atomic mass is 10.1. The van der Waals surface area contributed by atoms with Gasteiger partial charge in [0.2, 0.25) is 0 Å². The molecular weight excluding hydrogens is 218 g/mol. The largest absolute Gasteiger partial charge is 0.301 e. The summed E-state index contributed by atoms with van der Waals surface area (Å²) in [6.45, 7) is 2.90. The van der Waals surface area contributed by atoms with Crippen molar-refractivity contribution in [3.63, 3.8) is 0 Å². The van der Waals surface area contributed by atoms with Gasteiger partial charge in [0, 0.05) is 24.7 Å². The summed E-state index contributed by atoms with van der Waals surface area (Å²) in [5.41, 5.74) is 0.800. The Morgan fingerprint density at radius 3 is 2.76 bits per heavy atom. The van der Waals surface area contributed by atoms with Crippen molar-refractivity contribution in [2.75, 3.05) is 13.6 Å². The molecule has 0 fully saturated rings. The molecule has 1 aromatic rings. The Balaban J connectivity index is 2.75. The highest BCUT2D eigenvalue weighted by Crippen LogP contribution is 2.19. The van der Waals surface area contributed by atoms with Crippen molar-refractivity contribution in [3.05, 3.63) is 39.9 Å². The number of hydrogen-bond acceptors (Lipinski definition) is 4. The molecule has 17 heavy (non-hydrogen) atoms. The van der Waals surface area contributed by atoms with E-state index in [1.165, 1.54) is 6.07 Å². The van der Waals surface area contributed by atoms with Crippen LogP contribution in [0.3, 0.4) is 0 Å². The van der Waals surface area contributed by atoms with E-state index in [9.17, 15) is 10.1 Å². The van der Waals surface area contributed by atoms with Gasteiger partial charge in [0.1, 0.15) is 0 Å². The molecule has 0 amide bonds. The van der Waals surface area contributed by atoms with Crippen LogP contribution in [0.2, 0.25) is 0 Å². The number of nitrogens with zero attached hydrogens (tertiary/aromatic N) is 3. The Labute approximate surface area is 100 Å². The van der Waals surface area contributed by atoms with Gasteiger partial charge in [0.25, 0.3) is 5.69 Å². The van der Waals surface area contributed by atoms with Crippen LogP contribution in [0.15, 0.2) is 24.3 Å². The molecule has 0 aliphatic rings. The fraction of sp³-hybridized carbons (Fsp3) is 0.417. The van der Waals surface area contributed by atoms with Crippen LogP contribution in [0, 0.1) is 27.4 Å². The Bertz CT molecular complexity index is 440. The quantitative estimate of drug-likeness (QED) is 0.577. The number of hydrogen-bond donors (Lipinski definition) is 0. The molecular formula is C12H15N3O2. The molecule has 5 heteroatoms. The van der Waals surface area contributed by atoms with Crippen LogP contribution in [0.1, 0.15) is 12.5 Å². The maximum atomic E-state index is 10.8. The van der Waals surface area contributed by atoms with Crippen LogP contribution < -0.4 is 0 Å². The Morgan fingerprint density at radius 1 is 1.53 bits per heavy atom. The Hall–Kier alpha value is -1.93. The van der Waals surface area contributed by atoms with Crippen molar-refractivity contribution < 1.29 is 4.92 Å². The topological polar surface area (TPSA) is 70.2 Å². The van der Waals surface area contributed by atoms with Crippen LogP contribution in [0.5, 0.6) is 0 Å². The van der Waals surface area contributed by atoms with Crippen molar-refractivity contribution in [1.82, 2.24) is 4.90 Å². The van der Waals surface area contributed by atoms with Crippen molar-refractivity contribution in [1.29, 1.82) is 5.26 Å². The predicted molar refractivity (Wildman–Crippen MR) is 64.2 cm³/mol. The molecule has 0 saturated carbocycles. The summed E-state index contributed by atoms with van der Waals surface area (Å²) >= 11 is 0. The minimum absolute atomic E-state index is 0.0808. The summed E-state index contributed by atoms with van der Waals surface area (Å²) in [5, 5.41) is 19.5. The first-order valence-electron chi connectivity index (χ1n) is 5.35. The lowest BCUT2D eigenvalue weighted by Gasteiger charge is -2.17. The number of para-hydroxylation sites is 1. The minimum Gasteiger partial charge on any atom is -0.301 e. The van der Waals surface area contributed by atoms with Gasteiger partial charge in [-0.1, -0.05) is 18.2 Å². The van der Waals surface area contributed by atoms with Gasteiger partial charge in [-0.3, -0.25) is 10.1 Å². The molecule has 0 heterocycles. The number of benzene rings is 1. The van der Waals surface area contributed by atoms with Crippen molar-refractivity contribution in [2.24, 2.45) is 5.92 Å². The molecule has 0 N–H and O–H groups in total. The monoisotopic (exact) mass is 233 g/mol. The lowest BCUT2D eigenvalue weighted by molar-refractivity contribution is -0.385. The number of nitro groups is 1. The van der Waals surface area contributed by atoms with E-state index >= 15 is 0 Å². The molecule has 90 valence electrons.